The zero-order valence-corrected chi connectivity index (χ0v) is 46.7. The lowest BCUT2D eigenvalue weighted by molar-refractivity contribution is -0.144. The molecule has 6 heterocycles. The van der Waals surface area contributed by atoms with Crippen molar-refractivity contribution in [1.82, 2.24) is 50.1 Å². The predicted octanol–water partition coefficient (Wildman–Crippen LogP) is 9.96. The fourth-order valence-electron chi connectivity index (χ4n) is 10.4. The number of aromatic amines is 1. The van der Waals surface area contributed by atoms with Gasteiger partial charge in [0, 0.05) is 73.7 Å². The minimum atomic E-state index is -0.457. The van der Waals surface area contributed by atoms with Crippen LogP contribution in [0, 0.1) is 10.5 Å². The number of Topliss-reactive ketones (excluding diaryl/α,β-unsaturated/α-hetero) is 1. The molecule has 2 aliphatic heterocycles. The largest absolute Gasteiger partial charge is 0.373 e. The average molecular weight is 1140 g/mol. The van der Waals surface area contributed by atoms with Gasteiger partial charge in [-0.1, -0.05) is 44.1 Å². The highest BCUT2D eigenvalue weighted by atomic mass is 35.5. The molecule has 2 amide bonds. The number of benzene rings is 2. The van der Waals surface area contributed by atoms with Crippen LogP contribution >= 0.6 is 12.4 Å². The average Bonchev–Trinajstić information content (AvgIpc) is 4.22. The molecule has 0 bridgehead atoms. The van der Waals surface area contributed by atoms with Gasteiger partial charge in [-0.15, -0.1) is 12.4 Å². The van der Waals surface area contributed by atoms with Crippen LogP contribution in [0.5, 0.6) is 0 Å². The summed E-state index contributed by atoms with van der Waals surface area (Å²) >= 11 is 0. The predicted molar refractivity (Wildman–Crippen MR) is 311 cm³/mol. The van der Waals surface area contributed by atoms with E-state index < -0.39 is 5.97 Å². The number of rotatable bonds is 22. The smallest absolute Gasteiger partial charge is 0.324 e. The fourth-order valence-corrected chi connectivity index (χ4v) is 10.4. The van der Waals surface area contributed by atoms with Crippen LogP contribution in [-0.4, -0.2) is 108 Å². The van der Waals surface area contributed by atoms with E-state index in [9.17, 15) is 19.2 Å². The van der Waals surface area contributed by atoms with E-state index in [1.54, 1.807) is 42.7 Å². The molecule has 0 radical (unpaired) electrons. The number of anilines is 6. The number of nitroso groups, excluding NO2 is 1. The SMILES string of the molecule is Cl.N=O.NOC(=O)CCCCNC(=O)c1ccc(Nc2nc(NC3CCCCC3)c3[nH]cnc3n2)cc1.O=C(NCCCCC(=O)C1CCCCO1)c1ccc(Nc2nc(NC3CCCCC3)c3ncn(C4CCCCO4)c3n2)cc1. The number of carbonyl (C=O) groups excluding carboxylic acids is 4. The number of carbonyl (C=O) groups is 4. The van der Waals surface area contributed by atoms with Gasteiger partial charge in [-0.25, -0.2) is 9.97 Å². The molecule has 6 aromatic rings. The molecule has 2 atom stereocenters. The highest BCUT2D eigenvalue weighted by Gasteiger charge is 2.25. The maximum atomic E-state index is 12.7. The minimum Gasteiger partial charge on any atom is -0.373 e. The Bertz CT molecular complexity index is 2920. The molecule has 2 aliphatic carbocycles. The molecule has 24 nitrogen and oxygen atoms in total. The number of nitrogens with zero attached hydrogens (tertiary/aromatic N) is 7. The van der Waals surface area contributed by atoms with Gasteiger partial charge in [0.1, 0.15) is 17.8 Å². The van der Waals surface area contributed by atoms with Crippen molar-refractivity contribution >= 4 is 93.2 Å². The van der Waals surface area contributed by atoms with E-state index in [0.717, 1.165) is 123 Å². The second kappa shape index (κ2) is 32.1. The van der Waals surface area contributed by atoms with E-state index in [-0.39, 0.29) is 48.8 Å². The summed E-state index contributed by atoms with van der Waals surface area (Å²) in [5.74, 6) is 6.60. The highest BCUT2D eigenvalue weighted by molar-refractivity contribution is 5.95. The fraction of sp³-hybridized carbons (Fsp3) is 0.536. The molecule has 2 aromatic carbocycles. The van der Waals surface area contributed by atoms with E-state index in [1.165, 1.54) is 38.5 Å². The van der Waals surface area contributed by atoms with E-state index in [1.807, 2.05) is 23.0 Å². The summed E-state index contributed by atoms with van der Waals surface area (Å²) in [6.07, 6.45) is 24.6. The third kappa shape index (κ3) is 18.0. The highest BCUT2D eigenvalue weighted by Crippen LogP contribution is 2.32. The molecular formula is C56H77ClN16O8. The molecular weight excluding hydrogens is 1060 g/mol. The van der Waals surface area contributed by atoms with Gasteiger partial charge < -0.3 is 51.2 Å². The summed E-state index contributed by atoms with van der Waals surface area (Å²) in [5, 5.41) is 19.6. The Morgan fingerprint density at radius 3 is 1.74 bits per heavy atom. The number of imidazole rings is 2. The molecule has 10 N–H and O–H groups in total. The number of aromatic nitrogens is 8. The van der Waals surface area contributed by atoms with Crippen molar-refractivity contribution in [2.45, 2.75) is 166 Å². The summed E-state index contributed by atoms with van der Waals surface area (Å²) in [5.41, 5.74) is 10.0. The van der Waals surface area contributed by atoms with Gasteiger partial charge in [0.05, 0.1) is 12.7 Å². The first kappa shape index (κ1) is 61.2. The molecule has 25 heteroatoms. The number of fused-ring (bicyclic) bond motifs is 2. The van der Waals surface area contributed by atoms with Crippen molar-refractivity contribution in [3.05, 3.63) is 77.2 Å². The number of halogens is 1. The van der Waals surface area contributed by atoms with Crippen molar-refractivity contribution < 1.29 is 33.5 Å². The van der Waals surface area contributed by atoms with Crippen LogP contribution in [0.4, 0.5) is 34.9 Å². The summed E-state index contributed by atoms with van der Waals surface area (Å²) in [6.45, 7) is 2.41. The number of ketones is 1. The maximum absolute atomic E-state index is 12.7. The number of ether oxygens (including phenoxy) is 2. The number of hydrogen-bond donors (Lipinski definition) is 9. The Labute approximate surface area is 477 Å². The van der Waals surface area contributed by atoms with Crippen LogP contribution < -0.4 is 37.8 Å². The lowest BCUT2D eigenvalue weighted by atomic mass is 9.95. The Balaban J connectivity index is 0.000000231. The standard InChI is InChI=1S/C33H45N7O4.C23H30N8O3.ClH.HNO/c41-26(27-13-5-8-20-43-27)12-4-7-19-34-32(42)23-15-17-25(18-16-23)37-33-38-30(36-24-10-2-1-3-11-24)29-31(39-33)40(22-35-29)28-14-6-9-21-44-28;24-34-18(32)8-4-5-13-25-22(33)15-9-11-17(12-10-15)29-23-30-20-19(26-14-27-20)21(31-23)28-16-6-2-1-3-7-16;;1-2/h15-18,22,24,27-28H,1-14,19-21H2,(H,34,42)(H2,36,37,38,39);9-12,14,16H,1-8,13,24H2,(H,25,33)(H3,26,27,28,29,30,31);1H;1H. The van der Waals surface area contributed by atoms with Gasteiger partial charge in [-0.3, -0.25) is 23.7 Å². The number of H-pyrrole nitrogens is 1. The summed E-state index contributed by atoms with van der Waals surface area (Å²) < 4.78 is 13.7. The molecule has 0 spiro atoms. The van der Waals surface area contributed by atoms with Crippen molar-refractivity contribution in [2.24, 2.45) is 5.90 Å². The first-order chi connectivity index (χ1) is 39.3. The van der Waals surface area contributed by atoms with E-state index in [2.05, 4.69) is 62.3 Å². The van der Waals surface area contributed by atoms with Crippen LogP contribution in [-0.2, 0) is 23.9 Å². The molecule has 81 heavy (non-hydrogen) atoms. The van der Waals surface area contributed by atoms with Crippen molar-refractivity contribution in [1.29, 1.82) is 5.59 Å². The third-order valence-corrected chi connectivity index (χ3v) is 14.8. The van der Waals surface area contributed by atoms with Gasteiger partial charge in [0.25, 0.3) is 11.8 Å². The quantitative estimate of drug-likeness (QED) is 0.0173. The van der Waals surface area contributed by atoms with E-state index in [4.69, 9.17) is 35.2 Å². The van der Waals surface area contributed by atoms with Crippen LogP contribution in [0.25, 0.3) is 22.3 Å². The molecule has 436 valence electrons. The zero-order valence-electron chi connectivity index (χ0n) is 45.8. The molecule has 2 saturated carbocycles. The number of amides is 2. The van der Waals surface area contributed by atoms with Crippen LogP contribution in [0.15, 0.2) is 61.2 Å². The number of nitrogens with one attached hydrogen (secondary N) is 8. The lowest BCUT2D eigenvalue weighted by Crippen LogP contribution is -2.28. The monoisotopic (exact) mass is 1140 g/mol. The Morgan fingerprint density at radius 1 is 0.630 bits per heavy atom. The molecule has 4 aliphatic rings. The molecule has 2 unspecified atom stereocenters. The van der Waals surface area contributed by atoms with Crippen LogP contribution in [0.3, 0.4) is 0 Å². The third-order valence-electron chi connectivity index (χ3n) is 14.8. The molecule has 10 rings (SSSR count). The number of nitrogens with two attached hydrogens (primary N) is 1. The van der Waals surface area contributed by atoms with Gasteiger partial charge in [-0.2, -0.15) is 30.7 Å². The van der Waals surface area contributed by atoms with Gasteiger partial charge in [-0.05, 0) is 138 Å². The van der Waals surface area contributed by atoms with E-state index >= 15 is 0 Å². The molecule has 2 saturated heterocycles. The Hall–Kier alpha value is -7.41. The van der Waals surface area contributed by atoms with E-state index in [0.29, 0.717) is 79.7 Å². The second-order valence-electron chi connectivity index (χ2n) is 20.6. The summed E-state index contributed by atoms with van der Waals surface area (Å²) in [7, 11) is 0. The van der Waals surface area contributed by atoms with Crippen molar-refractivity contribution in [3.8, 4) is 0 Å². The Morgan fingerprint density at radius 2 is 1.17 bits per heavy atom. The van der Waals surface area contributed by atoms with Gasteiger partial charge in [0.15, 0.2) is 34.2 Å². The van der Waals surface area contributed by atoms with Crippen LogP contribution in [0.2, 0.25) is 0 Å². The van der Waals surface area contributed by atoms with Crippen LogP contribution in [0.1, 0.15) is 168 Å². The lowest BCUT2D eigenvalue weighted by Gasteiger charge is -2.25. The zero-order chi connectivity index (χ0) is 55.9. The first-order valence-corrected chi connectivity index (χ1v) is 28.4. The molecule has 4 fully saturated rings. The van der Waals surface area contributed by atoms with Gasteiger partial charge in [0.2, 0.25) is 11.9 Å². The number of hydrogen-bond acceptors (Lipinski definition) is 20. The first-order valence-electron chi connectivity index (χ1n) is 28.4. The topological polar surface area (TPSA) is 333 Å². The summed E-state index contributed by atoms with van der Waals surface area (Å²) in [4.78, 5) is 90.9. The maximum Gasteiger partial charge on any atom is 0.324 e. The van der Waals surface area contributed by atoms with Crippen molar-refractivity contribution in [2.75, 3.05) is 47.6 Å². The summed E-state index contributed by atoms with van der Waals surface area (Å²) in [6, 6.07) is 15.2. The number of unbranched alkanes of at least 4 members (excludes halogenated alkanes) is 2. The molecule has 4 aromatic heterocycles. The minimum absolute atomic E-state index is 0. The van der Waals surface area contributed by atoms with Gasteiger partial charge >= 0.3 is 5.97 Å². The van der Waals surface area contributed by atoms with Crippen molar-refractivity contribution in [3.63, 3.8) is 0 Å². The second-order valence-corrected chi connectivity index (χ2v) is 20.6. The Kier molecular flexibility index (Phi) is 24.3. The normalized spacial score (nSPS) is 17.4.